The molecule has 0 atom stereocenters. The molecule has 0 amide bonds. The van der Waals surface area contributed by atoms with Crippen molar-refractivity contribution >= 4 is 0 Å². The third kappa shape index (κ3) is 4.33. The average molecular weight is 438 g/mol. The minimum absolute atomic E-state index is 0.100. The molecule has 9 nitrogen and oxygen atoms in total. The van der Waals surface area contributed by atoms with Crippen molar-refractivity contribution in [2.24, 2.45) is 7.05 Å². The zero-order valence-corrected chi connectivity index (χ0v) is 18.3. The Hall–Kier alpha value is -4.40. The van der Waals surface area contributed by atoms with Crippen LogP contribution < -0.4 is 5.43 Å². The molecule has 0 bridgehead atoms. The quantitative estimate of drug-likeness (QED) is 0.404. The van der Waals surface area contributed by atoms with Crippen LogP contribution in [-0.4, -0.2) is 39.3 Å². The van der Waals surface area contributed by atoms with Crippen LogP contribution in [0, 0.1) is 0 Å². The fourth-order valence-corrected chi connectivity index (χ4v) is 3.57. The van der Waals surface area contributed by atoms with E-state index in [4.69, 9.17) is 0 Å². The van der Waals surface area contributed by atoms with Gasteiger partial charge in [-0.2, -0.15) is 15.3 Å². The monoisotopic (exact) mass is 438 g/mol. The van der Waals surface area contributed by atoms with Crippen molar-refractivity contribution in [3.05, 3.63) is 95.2 Å². The molecule has 9 heteroatoms. The highest BCUT2D eigenvalue weighted by molar-refractivity contribution is 5.62. The molecule has 4 heterocycles. The second-order valence-electron chi connectivity index (χ2n) is 7.70. The Kier molecular flexibility index (Phi) is 5.35. The van der Waals surface area contributed by atoms with Crippen LogP contribution in [0.4, 0.5) is 0 Å². The van der Waals surface area contributed by atoms with Gasteiger partial charge in [0.25, 0.3) is 0 Å². The normalized spacial score (nSPS) is 11.1. The smallest absolute Gasteiger partial charge is 0.203 e. The number of nitrogens with zero attached hydrogens (tertiary/aromatic N) is 8. The fraction of sp³-hybridized carbons (Fsp3) is 0.167. The third-order valence-electron chi connectivity index (χ3n) is 5.33. The maximum atomic E-state index is 12.5. The van der Waals surface area contributed by atoms with Crippen LogP contribution in [0.1, 0.15) is 18.2 Å². The summed E-state index contributed by atoms with van der Waals surface area (Å²) in [5.74, 6) is 0.620. The van der Waals surface area contributed by atoms with Gasteiger partial charge in [0.1, 0.15) is 11.4 Å². The lowest BCUT2D eigenvalue weighted by atomic mass is 10.1. The Labute approximate surface area is 190 Å². The van der Waals surface area contributed by atoms with E-state index in [1.54, 1.807) is 40.3 Å². The maximum absolute atomic E-state index is 12.5. The lowest BCUT2D eigenvalue weighted by Crippen LogP contribution is -2.16. The standard InChI is InChI=1S/C24H22N8O/c1-3-31-16-21(14-28-31)32-8-7-23(33)22(29-32)10-17-5-4-6-18(9-17)24-25-11-19(12-26-24)20-13-27-30(2)15-20/h4-9,11-16H,3,10H2,1-2H3. The van der Waals surface area contributed by atoms with E-state index < -0.39 is 0 Å². The van der Waals surface area contributed by atoms with Gasteiger partial charge in [-0.25, -0.2) is 14.6 Å². The highest BCUT2D eigenvalue weighted by Gasteiger charge is 2.09. The molecule has 0 fully saturated rings. The van der Waals surface area contributed by atoms with Crippen LogP contribution in [-0.2, 0) is 20.0 Å². The van der Waals surface area contributed by atoms with Gasteiger partial charge in [0.05, 0.1) is 18.6 Å². The molecule has 0 aliphatic carbocycles. The minimum atomic E-state index is -0.100. The lowest BCUT2D eigenvalue weighted by molar-refractivity contribution is 0.658. The van der Waals surface area contributed by atoms with Gasteiger partial charge in [0, 0.05) is 67.6 Å². The van der Waals surface area contributed by atoms with Crippen LogP contribution in [0.25, 0.3) is 28.2 Å². The van der Waals surface area contributed by atoms with Crippen LogP contribution >= 0.6 is 0 Å². The first-order valence-electron chi connectivity index (χ1n) is 10.6. The lowest BCUT2D eigenvalue weighted by Gasteiger charge is -2.07. The molecule has 0 N–H and O–H groups in total. The second-order valence-corrected chi connectivity index (χ2v) is 7.70. The summed E-state index contributed by atoms with van der Waals surface area (Å²) in [7, 11) is 1.87. The highest BCUT2D eigenvalue weighted by Crippen LogP contribution is 2.21. The molecule has 1 aromatic carbocycles. The maximum Gasteiger partial charge on any atom is 0.203 e. The number of benzene rings is 1. The van der Waals surface area contributed by atoms with Crippen molar-refractivity contribution in [2.45, 2.75) is 19.9 Å². The molecule has 164 valence electrons. The van der Waals surface area contributed by atoms with E-state index in [9.17, 15) is 4.79 Å². The molecule has 0 aliphatic heterocycles. The Morgan fingerprint density at radius 2 is 1.76 bits per heavy atom. The molecular formula is C24H22N8O. The van der Waals surface area contributed by atoms with Crippen molar-refractivity contribution in [1.82, 2.24) is 39.3 Å². The van der Waals surface area contributed by atoms with Gasteiger partial charge in [-0.05, 0) is 18.6 Å². The number of hydrogen-bond donors (Lipinski definition) is 0. The molecule has 0 saturated heterocycles. The predicted molar refractivity (Wildman–Crippen MR) is 124 cm³/mol. The predicted octanol–water partition coefficient (Wildman–Crippen LogP) is 2.90. The summed E-state index contributed by atoms with van der Waals surface area (Å²) in [6.45, 7) is 2.79. The molecule has 0 aliphatic rings. The van der Waals surface area contributed by atoms with Gasteiger partial charge in [-0.1, -0.05) is 18.2 Å². The highest BCUT2D eigenvalue weighted by atomic mass is 16.1. The van der Waals surface area contributed by atoms with Gasteiger partial charge in [-0.15, -0.1) is 0 Å². The van der Waals surface area contributed by atoms with E-state index in [1.807, 2.05) is 55.3 Å². The molecule has 0 saturated carbocycles. The summed E-state index contributed by atoms with van der Waals surface area (Å²) in [4.78, 5) is 21.5. The zero-order chi connectivity index (χ0) is 22.8. The summed E-state index contributed by atoms with van der Waals surface area (Å²) in [6, 6.07) is 9.40. The zero-order valence-electron chi connectivity index (χ0n) is 18.3. The largest absolute Gasteiger partial charge is 0.288 e. The number of aromatic nitrogens is 8. The number of aryl methyl sites for hydroxylation is 2. The first-order valence-corrected chi connectivity index (χ1v) is 10.6. The third-order valence-corrected chi connectivity index (χ3v) is 5.33. The summed E-state index contributed by atoms with van der Waals surface area (Å²) >= 11 is 0. The average Bonchev–Trinajstić information content (AvgIpc) is 3.50. The van der Waals surface area contributed by atoms with E-state index in [2.05, 4.69) is 25.3 Å². The first kappa shape index (κ1) is 20.5. The summed E-state index contributed by atoms with van der Waals surface area (Å²) < 4.78 is 5.24. The Morgan fingerprint density at radius 1 is 0.909 bits per heavy atom. The topological polar surface area (TPSA) is 96.3 Å². The molecule has 0 spiro atoms. The van der Waals surface area contributed by atoms with Crippen LogP contribution in [0.15, 0.2) is 78.5 Å². The van der Waals surface area contributed by atoms with E-state index in [0.717, 1.165) is 34.5 Å². The summed E-state index contributed by atoms with van der Waals surface area (Å²) in [6.07, 6.45) is 13.0. The second kappa shape index (κ2) is 8.62. The van der Waals surface area contributed by atoms with Crippen molar-refractivity contribution in [1.29, 1.82) is 0 Å². The van der Waals surface area contributed by atoms with Crippen LogP contribution in [0.2, 0.25) is 0 Å². The number of rotatable bonds is 6. The molecular weight excluding hydrogens is 416 g/mol. The SMILES string of the molecule is CCn1cc(-n2ccc(=O)c(Cc3cccc(-c4ncc(-c5cnn(C)c5)cn4)c3)n2)cn1. The molecule has 5 aromatic rings. The first-order chi connectivity index (χ1) is 16.1. The molecule has 0 unspecified atom stereocenters. The Balaban J connectivity index is 1.40. The van der Waals surface area contributed by atoms with Gasteiger partial charge in [-0.3, -0.25) is 14.2 Å². The minimum Gasteiger partial charge on any atom is -0.288 e. The van der Waals surface area contributed by atoms with E-state index in [0.29, 0.717) is 17.9 Å². The van der Waals surface area contributed by atoms with Gasteiger partial charge in [0.15, 0.2) is 5.82 Å². The van der Waals surface area contributed by atoms with Crippen molar-refractivity contribution in [3.63, 3.8) is 0 Å². The van der Waals surface area contributed by atoms with Crippen molar-refractivity contribution in [2.75, 3.05) is 0 Å². The molecule has 0 radical (unpaired) electrons. The van der Waals surface area contributed by atoms with Gasteiger partial charge < -0.3 is 0 Å². The molecule has 33 heavy (non-hydrogen) atoms. The molecule has 4 aromatic heterocycles. The summed E-state index contributed by atoms with van der Waals surface area (Å²) in [5.41, 5.74) is 4.89. The van der Waals surface area contributed by atoms with Crippen LogP contribution in [0.3, 0.4) is 0 Å². The van der Waals surface area contributed by atoms with Gasteiger partial charge in [0.2, 0.25) is 5.43 Å². The Bertz CT molecular complexity index is 1460. The van der Waals surface area contributed by atoms with Crippen LogP contribution in [0.5, 0.6) is 0 Å². The fourth-order valence-electron chi connectivity index (χ4n) is 3.57. The molecule has 5 rings (SSSR count). The van der Waals surface area contributed by atoms with Crippen molar-refractivity contribution < 1.29 is 0 Å². The summed E-state index contributed by atoms with van der Waals surface area (Å²) in [5, 5.41) is 13.0. The van der Waals surface area contributed by atoms with E-state index in [-0.39, 0.29) is 5.43 Å². The van der Waals surface area contributed by atoms with E-state index in [1.165, 1.54) is 6.07 Å². The van der Waals surface area contributed by atoms with E-state index >= 15 is 0 Å². The number of hydrogen-bond acceptors (Lipinski definition) is 6. The Morgan fingerprint density at radius 3 is 2.48 bits per heavy atom. The van der Waals surface area contributed by atoms with Crippen molar-refractivity contribution in [3.8, 4) is 28.2 Å². The van der Waals surface area contributed by atoms with Gasteiger partial charge >= 0.3 is 0 Å².